The van der Waals surface area contributed by atoms with Gasteiger partial charge in [0.2, 0.25) is 5.91 Å². The minimum Gasteiger partial charge on any atom is -0.497 e. The lowest BCUT2D eigenvalue weighted by atomic mass is 9.99. The van der Waals surface area contributed by atoms with Crippen LogP contribution in [0.5, 0.6) is 5.75 Å². The number of nitrogens with one attached hydrogen (secondary N) is 1. The van der Waals surface area contributed by atoms with E-state index in [9.17, 15) is 4.79 Å². The summed E-state index contributed by atoms with van der Waals surface area (Å²) in [6, 6.07) is 15.7. The van der Waals surface area contributed by atoms with E-state index in [0.717, 1.165) is 36.0 Å². The smallest absolute Gasteiger partial charge is 0.228 e. The summed E-state index contributed by atoms with van der Waals surface area (Å²) in [4.78, 5) is 14.6. The van der Waals surface area contributed by atoms with Crippen molar-refractivity contribution in [2.75, 3.05) is 30.4 Å². The molecule has 0 aliphatic carbocycles. The first kappa shape index (κ1) is 17.3. The lowest BCUT2D eigenvalue weighted by Crippen LogP contribution is -2.32. The van der Waals surface area contributed by atoms with Crippen LogP contribution in [0.1, 0.15) is 25.3 Å². The maximum absolute atomic E-state index is 12.2. The van der Waals surface area contributed by atoms with Gasteiger partial charge >= 0.3 is 0 Å². The molecule has 1 N–H and O–H groups in total. The van der Waals surface area contributed by atoms with Gasteiger partial charge < -0.3 is 15.0 Å². The van der Waals surface area contributed by atoms with Gasteiger partial charge in [-0.15, -0.1) is 0 Å². The van der Waals surface area contributed by atoms with Crippen LogP contribution in [0.15, 0.2) is 48.5 Å². The molecule has 0 spiro atoms. The molecule has 4 heteroatoms. The second-order valence-corrected chi connectivity index (χ2v) is 6.79. The Morgan fingerprint density at radius 3 is 2.32 bits per heavy atom. The van der Waals surface area contributed by atoms with E-state index in [1.807, 2.05) is 36.4 Å². The highest BCUT2D eigenvalue weighted by molar-refractivity contribution is 5.92. The van der Waals surface area contributed by atoms with Gasteiger partial charge in [-0.2, -0.15) is 0 Å². The third-order valence-corrected chi connectivity index (χ3v) is 4.82. The van der Waals surface area contributed by atoms with Gasteiger partial charge in [0.25, 0.3) is 0 Å². The predicted molar refractivity (Wildman–Crippen MR) is 102 cm³/mol. The number of anilines is 2. The van der Waals surface area contributed by atoms with Crippen LogP contribution in [-0.2, 0) is 11.2 Å². The fraction of sp³-hybridized carbons (Fsp3) is 0.381. The van der Waals surface area contributed by atoms with Crippen LogP contribution in [0.3, 0.4) is 0 Å². The number of carbonyl (C=O) groups excluding carboxylic acids is 1. The summed E-state index contributed by atoms with van der Waals surface area (Å²) in [6.07, 6.45) is 2.86. The maximum Gasteiger partial charge on any atom is 0.228 e. The second kappa shape index (κ2) is 8.06. The zero-order chi connectivity index (χ0) is 17.6. The molecule has 0 radical (unpaired) electrons. The van der Waals surface area contributed by atoms with E-state index in [1.165, 1.54) is 18.5 Å². The quantitative estimate of drug-likeness (QED) is 0.892. The van der Waals surface area contributed by atoms with Crippen molar-refractivity contribution in [3.63, 3.8) is 0 Å². The average molecular weight is 338 g/mol. The van der Waals surface area contributed by atoms with Crippen LogP contribution < -0.4 is 15.0 Å². The molecule has 1 heterocycles. The molecule has 3 rings (SSSR count). The van der Waals surface area contributed by atoms with Crippen molar-refractivity contribution >= 4 is 17.3 Å². The predicted octanol–water partition coefficient (Wildman–Crippen LogP) is 4.11. The number of amides is 1. The number of carbonyl (C=O) groups is 1. The summed E-state index contributed by atoms with van der Waals surface area (Å²) in [7, 11) is 1.63. The normalized spacial score (nSPS) is 15.0. The fourth-order valence-corrected chi connectivity index (χ4v) is 3.16. The van der Waals surface area contributed by atoms with Crippen molar-refractivity contribution in [2.24, 2.45) is 5.92 Å². The van der Waals surface area contributed by atoms with Crippen LogP contribution in [-0.4, -0.2) is 26.1 Å². The highest BCUT2D eigenvalue weighted by atomic mass is 16.5. The van der Waals surface area contributed by atoms with Gasteiger partial charge in [0.15, 0.2) is 0 Å². The second-order valence-electron chi connectivity index (χ2n) is 6.79. The van der Waals surface area contributed by atoms with Crippen molar-refractivity contribution in [3.05, 3.63) is 54.1 Å². The summed E-state index contributed by atoms with van der Waals surface area (Å²) in [5, 5.41) is 2.97. The molecule has 1 aliphatic rings. The molecule has 0 saturated carbocycles. The molecular weight excluding hydrogens is 312 g/mol. The van der Waals surface area contributed by atoms with E-state index < -0.39 is 0 Å². The fourth-order valence-electron chi connectivity index (χ4n) is 3.16. The lowest BCUT2D eigenvalue weighted by Gasteiger charge is -2.32. The molecule has 0 atom stereocenters. The van der Waals surface area contributed by atoms with Gasteiger partial charge in [0, 0.05) is 24.5 Å². The molecule has 0 aromatic heterocycles. The zero-order valence-corrected chi connectivity index (χ0v) is 15.0. The molecular formula is C21H26N2O2. The molecule has 1 saturated heterocycles. The monoisotopic (exact) mass is 338 g/mol. The van der Waals surface area contributed by atoms with E-state index >= 15 is 0 Å². The van der Waals surface area contributed by atoms with Gasteiger partial charge in [0.05, 0.1) is 13.5 Å². The van der Waals surface area contributed by atoms with Crippen molar-refractivity contribution in [1.82, 2.24) is 0 Å². The average Bonchev–Trinajstić information content (AvgIpc) is 2.64. The number of nitrogens with zero attached hydrogens (tertiary/aromatic N) is 1. The first-order valence-electron chi connectivity index (χ1n) is 8.92. The molecule has 1 amide bonds. The van der Waals surface area contributed by atoms with Crippen LogP contribution in [0.2, 0.25) is 0 Å². The van der Waals surface area contributed by atoms with Crippen LogP contribution >= 0.6 is 0 Å². The van der Waals surface area contributed by atoms with Crippen molar-refractivity contribution in [2.45, 2.75) is 26.2 Å². The lowest BCUT2D eigenvalue weighted by molar-refractivity contribution is -0.115. The molecule has 0 unspecified atom stereocenters. The van der Waals surface area contributed by atoms with Gasteiger partial charge in [-0.25, -0.2) is 0 Å². The molecule has 2 aromatic carbocycles. The Bertz CT molecular complexity index is 687. The largest absolute Gasteiger partial charge is 0.497 e. The topological polar surface area (TPSA) is 41.6 Å². The van der Waals surface area contributed by atoms with E-state index in [1.54, 1.807) is 7.11 Å². The Hall–Kier alpha value is -2.49. The molecule has 25 heavy (non-hydrogen) atoms. The number of hydrogen-bond acceptors (Lipinski definition) is 3. The summed E-state index contributed by atoms with van der Waals surface area (Å²) in [5.41, 5.74) is 3.05. The summed E-state index contributed by atoms with van der Waals surface area (Å²) in [5.74, 6) is 1.62. The first-order valence-corrected chi connectivity index (χ1v) is 8.92. The van der Waals surface area contributed by atoms with E-state index in [-0.39, 0.29) is 5.91 Å². The highest BCUT2D eigenvalue weighted by Crippen LogP contribution is 2.24. The number of benzene rings is 2. The third kappa shape index (κ3) is 4.75. The Morgan fingerprint density at radius 2 is 1.72 bits per heavy atom. The van der Waals surface area contributed by atoms with Gasteiger partial charge in [0.1, 0.15) is 5.75 Å². The maximum atomic E-state index is 12.2. The number of rotatable bonds is 5. The van der Waals surface area contributed by atoms with Crippen LogP contribution in [0, 0.1) is 5.92 Å². The zero-order valence-electron chi connectivity index (χ0n) is 15.0. The van der Waals surface area contributed by atoms with E-state index in [4.69, 9.17) is 4.74 Å². The molecule has 1 fully saturated rings. The minimum atomic E-state index is -0.00952. The SMILES string of the molecule is COc1ccc(CC(=O)Nc2ccc(N3CCC(C)CC3)cc2)cc1. The highest BCUT2D eigenvalue weighted by Gasteiger charge is 2.15. The summed E-state index contributed by atoms with van der Waals surface area (Å²) >= 11 is 0. The van der Waals surface area contributed by atoms with E-state index in [2.05, 4.69) is 29.3 Å². The molecule has 2 aromatic rings. The Morgan fingerprint density at radius 1 is 1.08 bits per heavy atom. The Labute approximate surface area is 149 Å². The summed E-state index contributed by atoms with van der Waals surface area (Å²) < 4.78 is 5.13. The van der Waals surface area contributed by atoms with Gasteiger partial charge in [-0.1, -0.05) is 19.1 Å². The van der Waals surface area contributed by atoms with Crippen LogP contribution in [0.4, 0.5) is 11.4 Å². The van der Waals surface area contributed by atoms with Gasteiger partial charge in [-0.3, -0.25) is 4.79 Å². The number of ether oxygens (including phenoxy) is 1. The first-order chi connectivity index (χ1) is 12.1. The van der Waals surface area contributed by atoms with Crippen molar-refractivity contribution in [1.29, 1.82) is 0 Å². The van der Waals surface area contributed by atoms with Crippen molar-refractivity contribution in [3.8, 4) is 5.75 Å². The van der Waals surface area contributed by atoms with E-state index in [0.29, 0.717) is 6.42 Å². The van der Waals surface area contributed by atoms with Crippen LogP contribution in [0.25, 0.3) is 0 Å². The Balaban J connectivity index is 1.54. The molecule has 0 bridgehead atoms. The molecule has 4 nitrogen and oxygen atoms in total. The Kier molecular flexibility index (Phi) is 5.59. The minimum absolute atomic E-state index is 0.00952. The number of piperidine rings is 1. The van der Waals surface area contributed by atoms with Gasteiger partial charge in [-0.05, 0) is 60.7 Å². The standard InChI is InChI=1S/C21H26N2O2/c1-16-11-13-23(14-12-16)19-7-5-18(6-8-19)22-21(24)15-17-3-9-20(25-2)10-4-17/h3-10,16H,11-15H2,1-2H3,(H,22,24). The van der Waals surface area contributed by atoms with Crippen molar-refractivity contribution < 1.29 is 9.53 Å². The molecule has 1 aliphatic heterocycles. The summed E-state index contributed by atoms with van der Waals surface area (Å²) in [6.45, 7) is 4.55. The number of hydrogen-bond donors (Lipinski definition) is 1. The third-order valence-electron chi connectivity index (χ3n) is 4.82. The number of methoxy groups -OCH3 is 1. The molecule has 132 valence electrons.